The summed E-state index contributed by atoms with van der Waals surface area (Å²) >= 11 is 1.83. The third-order valence-electron chi connectivity index (χ3n) is 4.35. The molecule has 1 aromatic carbocycles. The monoisotopic (exact) mass is 348 g/mol. The Morgan fingerprint density at radius 2 is 1.76 bits per heavy atom. The van der Waals surface area contributed by atoms with Crippen LogP contribution in [0.15, 0.2) is 29.2 Å². The molecule has 1 atom stereocenters. The second-order valence-electron chi connectivity index (χ2n) is 5.75. The van der Waals surface area contributed by atoms with Crippen LogP contribution >= 0.6 is 36.6 Å². The van der Waals surface area contributed by atoms with Crippen molar-refractivity contribution in [3.63, 3.8) is 0 Å². The zero-order valence-corrected chi connectivity index (χ0v) is 15.0. The summed E-state index contributed by atoms with van der Waals surface area (Å²) in [5.74, 6) is 0.986. The van der Waals surface area contributed by atoms with E-state index in [4.69, 9.17) is 0 Å². The number of nitrogens with one attached hydrogen (secondary N) is 1. The SMILES string of the molecule is CSc1ccc([C@H](CC2CC2)N2CCNCC2)cc1.Cl.Cl. The minimum Gasteiger partial charge on any atom is -0.314 e. The normalized spacial score (nSPS) is 20.2. The fraction of sp³-hybridized carbons (Fsp3) is 0.625. The van der Waals surface area contributed by atoms with Gasteiger partial charge < -0.3 is 5.32 Å². The molecule has 0 aromatic heterocycles. The van der Waals surface area contributed by atoms with Gasteiger partial charge in [-0.15, -0.1) is 36.6 Å². The fourth-order valence-corrected chi connectivity index (χ4v) is 3.39. The van der Waals surface area contributed by atoms with Crippen molar-refractivity contribution < 1.29 is 0 Å². The van der Waals surface area contributed by atoms with E-state index >= 15 is 0 Å². The van der Waals surface area contributed by atoms with Crippen molar-refractivity contribution in [1.29, 1.82) is 0 Å². The molecule has 2 aliphatic rings. The van der Waals surface area contributed by atoms with Crippen LogP contribution in [-0.4, -0.2) is 37.3 Å². The highest BCUT2D eigenvalue weighted by Gasteiger charge is 2.30. The van der Waals surface area contributed by atoms with Gasteiger partial charge in [0.15, 0.2) is 0 Å². The zero-order chi connectivity index (χ0) is 13.1. The molecule has 0 amide bonds. The highest BCUT2D eigenvalue weighted by Crippen LogP contribution is 2.40. The molecule has 5 heteroatoms. The van der Waals surface area contributed by atoms with Crippen LogP contribution in [0.3, 0.4) is 0 Å². The summed E-state index contributed by atoms with van der Waals surface area (Å²) in [5, 5.41) is 3.46. The van der Waals surface area contributed by atoms with E-state index < -0.39 is 0 Å². The molecule has 1 heterocycles. The summed E-state index contributed by atoms with van der Waals surface area (Å²) in [7, 11) is 0. The maximum Gasteiger partial charge on any atom is 0.0351 e. The van der Waals surface area contributed by atoms with Gasteiger partial charge in [-0.25, -0.2) is 0 Å². The van der Waals surface area contributed by atoms with Gasteiger partial charge in [-0.1, -0.05) is 25.0 Å². The molecule has 2 nitrogen and oxygen atoms in total. The van der Waals surface area contributed by atoms with Crippen molar-refractivity contribution in [3.05, 3.63) is 29.8 Å². The third-order valence-corrected chi connectivity index (χ3v) is 5.09. The van der Waals surface area contributed by atoms with Gasteiger partial charge in [-0.05, 0) is 36.3 Å². The molecule has 0 spiro atoms. The number of piperazine rings is 1. The van der Waals surface area contributed by atoms with Gasteiger partial charge in [0.1, 0.15) is 0 Å². The predicted octanol–water partition coefficient (Wildman–Crippen LogP) is 4.00. The van der Waals surface area contributed by atoms with E-state index in [-0.39, 0.29) is 24.8 Å². The minimum absolute atomic E-state index is 0. The average Bonchev–Trinajstić information content (AvgIpc) is 3.30. The Bertz CT molecular complexity index is 403. The molecule has 1 aliphatic heterocycles. The summed E-state index contributed by atoms with van der Waals surface area (Å²) in [6.07, 6.45) is 6.41. The van der Waals surface area contributed by atoms with E-state index in [0.29, 0.717) is 6.04 Å². The standard InChI is InChI=1S/C16H24N2S.2ClH/c1-19-15-6-4-14(5-7-15)16(12-13-2-3-13)18-10-8-17-9-11-18;;/h4-7,13,16-17H,2-3,8-12H2,1H3;2*1H/t16-;;/m0../s1. The second kappa shape index (κ2) is 9.26. The molecule has 1 saturated heterocycles. The Labute approximate surface area is 145 Å². The molecule has 120 valence electrons. The van der Waals surface area contributed by atoms with Crippen molar-refractivity contribution in [3.8, 4) is 0 Å². The number of nitrogens with zero attached hydrogens (tertiary/aromatic N) is 1. The van der Waals surface area contributed by atoms with Crippen molar-refractivity contribution in [1.82, 2.24) is 10.2 Å². The average molecular weight is 349 g/mol. The maximum absolute atomic E-state index is 3.46. The molecular formula is C16H26Cl2N2S. The highest BCUT2D eigenvalue weighted by atomic mass is 35.5. The first-order valence-corrected chi connectivity index (χ1v) is 8.68. The first kappa shape index (κ1) is 19.1. The topological polar surface area (TPSA) is 15.3 Å². The second-order valence-corrected chi connectivity index (χ2v) is 6.63. The quantitative estimate of drug-likeness (QED) is 0.809. The number of halogens is 2. The van der Waals surface area contributed by atoms with Crippen LogP contribution in [0.25, 0.3) is 0 Å². The first-order chi connectivity index (χ1) is 9.36. The van der Waals surface area contributed by atoms with Crippen LogP contribution in [0.5, 0.6) is 0 Å². The van der Waals surface area contributed by atoms with Crippen LogP contribution in [0.1, 0.15) is 30.9 Å². The van der Waals surface area contributed by atoms with Gasteiger partial charge in [0.05, 0.1) is 0 Å². The summed E-state index contributed by atoms with van der Waals surface area (Å²) in [5.41, 5.74) is 1.52. The molecule has 21 heavy (non-hydrogen) atoms. The number of hydrogen-bond acceptors (Lipinski definition) is 3. The Morgan fingerprint density at radius 1 is 1.14 bits per heavy atom. The van der Waals surface area contributed by atoms with E-state index in [2.05, 4.69) is 40.7 Å². The Balaban J connectivity index is 0.00000110. The largest absolute Gasteiger partial charge is 0.314 e. The maximum atomic E-state index is 3.46. The van der Waals surface area contributed by atoms with Crippen LogP contribution in [0, 0.1) is 5.92 Å². The van der Waals surface area contributed by atoms with E-state index in [1.165, 1.54) is 42.8 Å². The van der Waals surface area contributed by atoms with Crippen molar-refractivity contribution >= 4 is 36.6 Å². The highest BCUT2D eigenvalue weighted by molar-refractivity contribution is 7.98. The van der Waals surface area contributed by atoms with Crippen LogP contribution < -0.4 is 5.32 Å². The third kappa shape index (κ3) is 5.33. The van der Waals surface area contributed by atoms with E-state index in [0.717, 1.165) is 19.0 Å². The molecule has 1 N–H and O–H groups in total. The lowest BCUT2D eigenvalue weighted by Gasteiger charge is -2.35. The lowest BCUT2D eigenvalue weighted by molar-refractivity contribution is 0.160. The van der Waals surface area contributed by atoms with Gasteiger partial charge in [0, 0.05) is 37.1 Å². The van der Waals surface area contributed by atoms with Gasteiger partial charge in [-0.2, -0.15) is 0 Å². The van der Waals surface area contributed by atoms with Crippen LogP contribution in [-0.2, 0) is 0 Å². The molecular weight excluding hydrogens is 323 g/mol. The summed E-state index contributed by atoms with van der Waals surface area (Å²) in [6, 6.07) is 9.90. The van der Waals surface area contributed by atoms with Crippen LogP contribution in [0.4, 0.5) is 0 Å². The molecule has 1 aromatic rings. The Morgan fingerprint density at radius 3 is 2.29 bits per heavy atom. The lowest BCUT2D eigenvalue weighted by Crippen LogP contribution is -2.45. The molecule has 0 unspecified atom stereocenters. The number of hydrogen-bond donors (Lipinski definition) is 1. The van der Waals surface area contributed by atoms with Gasteiger partial charge >= 0.3 is 0 Å². The minimum atomic E-state index is 0. The molecule has 3 rings (SSSR count). The predicted molar refractivity (Wildman–Crippen MR) is 97.2 cm³/mol. The number of benzene rings is 1. The molecule has 1 saturated carbocycles. The zero-order valence-electron chi connectivity index (χ0n) is 12.6. The molecule has 1 aliphatic carbocycles. The smallest absolute Gasteiger partial charge is 0.0351 e. The van der Waals surface area contributed by atoms with Gasteiger partial charge in [-0.3, -0.25) is 4.90 Å². The van der Waals surface area contributed by atoms with E-state index in [1.54, 1.807) is 0 Å². The molecule has 2 fully saturated rings. The van der Waals surface area contributed by atoms with Crippen LogP contribution in [0.2, 0.25) is 0 Å². The van der Waals surface area contributed by atoms with Crippen molar-refractivity contribution in [2.75, 3.05) is 32.4 Å². The summed E-state index contributed by atoms with van der Waals surface area (Å²) in [4.78, 5) is 4.05. The van der Waals surface area contributed by atoms with Gasteiger partial charge in [0.2, 0.25) is 0 Å². The molecule has 0 bridgehead atoms. The van der Waals surface area contributed by atoms with E-state index in [9.17, 15) is 0 Å². The molecule has 0 radical (unpaired) electrons. The van der Waals surface area contributed by atoms with Gasteiger partial charge in [0.25, 0.3) is 0 Å². The number of thioether (sulfide) groups is 1. The van der Waals surface area contributed by atoms with E-state index in [1.807, 2.05) is 11.8 Å². The number of rotatable bonds is 5. The Hall–Kier alpha value is 0.0700. The first-order valence-electron chi connectivity index (χ1n) is 7.45. The van der Waals surface area contributed by atoms with Crippen molar-refractivity contribution in [2.24, 2.45) is 5.92 Å². The van der Waals surface area contributed by atoms with Crippen molar-refractivity contribution in [2.45, 2.75) is 30.2 Å². The Kier molecular flexibility index (Phi) is 8.43. The summed E-state index contributed by atoms with van der Waals surface area (Å²) < 4.78 is 0. The summed E-state index contributed by atoms with van der Waals surface area (Å²) in [6.45, 7) is 4.68. The lowest BCUT2D eigenvalue weighted by atomic mass is 9.99. The fourth-order valence-electron chi connectivity index (χ4n) is 2.99.